The number of rotatable bonds is 3. The van der Waals surface area contributed by atoms with Gasteiger partial charge in [0.05, 0.1) is 0 Å². The first-order valence-corrected chi connectivity index (χ1v) is 17.5. The third-order valence-corrected chi connectivity index (χ3v) is 11.4. The van der Waals surface area contributed by atoms with E-state index >= 15 is 0 Å². The van der Waals surface area contributed by atoms with Crippen molar-refractivity contribution < 1.29 is 4.42 Å². The molecule has 234 valence electrons. The predicted octanol–water partition coefficient (Wildman–Crippen LogP) is 13.8. The first kappa shape index (κ1) is 27.7. The standard InChI is InChI=1S/C49H32O/c1-49(2)40-21-8-7-19-39(40)47-32(20-11-22-41(47)49)30-13-9-14-31(28-30)44-33-15-3-5-17-35(33)46(36-18-6-4-16-34(36)44)37-26-27-43-48-38(37)25-24-29-12-10-23-42(50-43)45(29)48/h3-28H,1-2H3. The topological polar surface area (TPSA) is 13.1 Å². The Balaban J connectivity index is 1.18. The number of hydrogen-bond donors (Lipinski definition) is 0. The Kier molecular flexibility index (Phi) is 5.51. The summed E-state index contributed by atoms with van der Waals surface area (Å²) in [5.74, 6) is 0. The van der Waals surface area contributed by atoms with Gasteiger partial charge in [0.25, 0.3) is 0 Å². The van der Waals surface area contributed by atoms with Gasteiger partial charge in [0, 0.05) is 16.2 Å². The van der Waals surface area contributed by atoms with Crippen molar-refractivity contribution in [2.24, 2.45) is 0 Å². The fraction of sp³-hybridized carbons (Fsp3) is 0.0612. The molecule has 0 saturated carbocycles. The minimum absolute atomic E-state index is 0.0381. The first-order chi connectivity index (χ1) is 24.6. The SMILES string of the molecule is CC1(C)c2ccccc2-c2c(-c3cccc(-c4c5ccccc5c(-c5ccc6oc7cccc8ccc5c6c87)c5ccccc45)c3)cccc21. The van der Waals surface area contributed by atoms with Gasteiger partial charge in [0.1, 0.15) is 11.2 Å². The molecule has 0 radical (unpaired) electrons. The Morgan fingerprint density at radius 2 is 1.00 bits per heavy atom. The summed E-state index contributed by atoms with van der Waals surface area (Å²) in [5.41, 5.74) is 14.9. The molecule has 11 rings (SSSR count). The molecule has 1 aliphatic carbocycles. The summed E-state index contributed by atoms with van der Waals surface area (Å²) in [6.07, 6.45) is 0. The molecule has 0 bridgehead atoms. The summed E-state index contributed by atoms with van der Waals surface area (Å²) in [7, 11) is 0. The van der Waals surface area contributed by atoms with E-state index in [0.717, 1.165) is 11.2 Å². The number of fused-ring (bicyclic) bond motifs is 5. The zero-order chi connectivity index (χ0) is 33.1. The molecule has 0 fully saturated rings. The van der Waals surface area contributed by atoms with Crippen LogP contribution in [-0.4, -0.2) is 0 Å². The first-order valence-electron chi connectivity index (χ1n) is 17.5. The van der Waals surface area contributed by atoms with Crippen molar-refractivity contribution in [3.63, 3.8) is 0 Å². The summed E-state index contributed by atoms with van der Waals surface area (Å²) < 4.78 is 6.36. The van der Waals surface area contributed by atoms with E-state index in [2.05, 4.69) is 172 Å². The van der Waals surface area contributed by atoms with Crippen molar-refractivity contribution in [1.29, 1.82) is 0 Å². The molecule has 1 aromatic heterocycles. The lowest BCUT2D eigenvalue weighted by Crippen LogP contribution is -2.14. The molecule has 1 heterocycles. The van der Waals surface area contributed by atoms with Crippen molar-refractivity contribution in [3.05, 3.63) is 169 Å². The minimum atomic E-state index is -0.0381. The lowest BCUT2D eigenvalue weighted by molar-refractivity contribution is 0.660. The van der Waals surface area contributed by atoms with Gasteiger partial charge in [-0.1, -0.05) is 147 Å². The highest BCUT2D eigenvalue weighted by molar-refractivity contribution is 6.28. The van der Waals surface area contributed by atoms with Gasteiger partial charge in [-0.15, -0.1) is 0 Å². The van der Waals surface area contributed by atoms with Gasteiger partial charge in [-0.05, 0) is 112 Å². The van der Waals surface area contributed by atoms with Crippen molar-refractivity contribution in [2.45, 2.75) is 19.3 Å². The zero-order valence-electron chi connectivity index (χ0n) is 27.9. The van der Waals surface area contributed by atoms with Crippen LogP contribution in [-0.2, 0) is 5.41 Å². The molecule has 1 nitrogen and oxygen atoms in total. The molecule has 0 amide bonds. The molecule has 50 heavy (non-hydrogen) atoms. The fourth-order valence-corrected chi connectivity index (χ4v) is 9.23. The molecular formula is C49H32O. The average molecular weight is 637 g/mol. The van der Waals surface area contributed by atoms with Crippen LogP contribution in [0, 0.1) is 0 Å². The maximum atomic E-state index is 6.36. The van der Waals surface area contributed by atoms with Gasteiger partial charge in [-0.25, -0.2) is 0 Å². The molecule has 10 aromatic rings. The molecule has 0 spiro atoms. The second-order valence-corrected chi connectivity index (χ2v) is 14.4. The third-order valence-electron chi connectivity index (χ3n) is 11.4. The molecule has 0 saturated heterocycles. The van der Waals surface area contributed by atoms with Crippen molar-refractivity contribution >= 4 is 54.3 Å². The molecule has 9 aromatic carbocycles. The number of benzene rings is 9. The smallest absolute Gasteiger partial charge is 0.136 e. The predicted molar refractivity (Wildman–Crippen MR) is 211 cm³/mol. The summed E-state index contributed by atoms with van der Waals surface area (Å²) in [6.45, 7) is 4.71. The van der Waals surface area contributed by atoms with Crippen LogP contribution in [0.15, 0.2) is 162 Å². The largest absolute Gasteiger partial charge is 0.456 e. The zero-order valence-corrected chi connectivity index (χ0v) is 27.9. The molecule has 0 N–H and O–H groups in total. The summed E-state index contributed by atoms with van der Waals surface area (Å²) in [4.78, 5) is 0. The second-order valence-electron chi connectivity index (χ2n) is 14.4. The molecule has 1 heteroatoms. The van der Waals surface area contributed by atoms with Crippen molar-refractivity contribution in [1.82, 2.24) is 0 Å². The lowest BCUT2D eigenvalue weighted by atomic mass is 9.81. The fourth-order valence-electron chi connectivity index (χ4n) is 9.23. The maximum absolute atomic E-state index is 6.36. The Morgan fingerprint density at radius 1 is 0.380 bits per heavy atom. The summed E-state index contributed by atoms with van der Waals surface area (Å²) in [6, 6.07) is 58.2. The maximum Gasteiger partial charge on any atom is 0.136 e. The summed E-state index contributed by atoms with van der Waals surface area (Å²) >= 11 is 0. The van der Waals surface area contributed by atoms with E-state index in [4.69, 9.17) is 4.42 Å². The molecule has 0 aliphatic heterocycles. The van der Waals surface area contributed by atoms with E-state index in [1.165, 1.54) is 98.7 Å². The van der Waals surface area contributed by atoms with Crippen LogP contribution in [0.4, 0.5) is 0 Å². The van der Waals surface area contributed by atoms with Crippen LogP contribution < -0.4 is 0 Å². The van der Waals surface area contributed by atoms with Crippen LogP contribution in [0.1, 0.15) is 25.0 Å². The van der Waals surface area contributed by atoms with Gasteiger partial charge in [-0.2, -0.15) is 0 Å². The van der Waals surface area contributed by atoms with Crippen LogP contribution >= 0.6 is 0 Å². The van der Waals surface area contributed by atoms with Gasteiger partial charge in [-0.3, -0.25) is 0 Å². The van der Waals surface area contributed by atoms with E-state index in [-0.39, 0.29) is 5.41 Å². The lowest BCUT2D eigenvalue weighted by Gasteiger charge is -2.21. The van der Waals surface area contributed by atoms with Gasteiger partial charge >= 0.3 is 0 Å². The van der Waals surface area contributed by atoms with Crippen molar-refractivity contribution in [2.75, 3.05) is 0 Å². The second kappa shape index (κ2) is 9.94. The van der Waals surface area contributed by atoms with Gasteiger partial charge < -0.3 is 4.42 Å². The Bertz CT molecular complexity index is 2950. The van der Waals surface area contributed by atoms with E-state index in [1.807, 2.05) is 0 Å². The minimum Gasteiger partial charge on any atom is -0.456 e. The van der Waals surface area contributed by atoms with Gasteiger partial charge in [0.2, 0.25) is 0 Å². The Labute approximate surface area is 290 Å². The van der Waals surface area contributed by atoms with E-state index in [9.17, 15) is 0 Å². The normalized spacial score (nSPS) is 13.6. The van der Waals surface area contributed by atoms with Crippen LogP contribution in [0.3, 0.4) is 0 Å². The van der Waals surface area contributed by atoms with E-state index in [1.54, 1.807) is 0 Å². The van der Waals surface area contributed by atoms with Crippen molar-refractivity contribution in [3.8, 4) is 44.5 Å². The van der Waals surface area contributed by atoms with Crippen LogP contribution in [0.25, 0.3) is 98.8 Å². The number of furan rings is 1. The Hall–Kier alpha value is -6.18. The molecule has 0 unspecified atom stereocenters. The molecular weight excluding hydrogens is 605 g/mol. The molecule has 1 aliphatic rings. The summed E-state index contributed by atoms with van der Waals surface area (Å²) in [5, 5.41) is 9.89. The van der Waals surface area contributed by atoms with Gasteiger partial charge in [0.15, 0.2) is 0 Å². The van der Waals surface area contributed by atoms with E-state index in [0.29, 0.717) is 0 Å². The highest BCUT2D eigenvalue weighted by Gasteiger charge is 2.36. The Morgan fingerprint density at radius 3 is 1.80 bits per heavy atom. The number of hydrogen-bond acceptors (Lipinski definition) is 1. The molecule has 0 atom stereocenters. The quantitative estimate of drug-likeness (QED) is 0.139. The highest BCUT2D eigenvalue weighted by atomic mass is 16.3. The monoisotopic (exact) mass is 636 g/mol. The average Bonchev–Trinajstić information content (AvgIpc) is 3.66. The van der Waals surface area contributed by atoms with Crippen LogP contribution in [0.5, 0.6) is 0 Å². The third kappa shape index (κ3) is 3.62. The highest BCUT2D eigenvalue weighted by Crippen LogP contribution is 2.53. The van der Waals surface area contributed by atoms with E-state index < -0.39 is 0 Å². The van der Waals surface area contributed by atoms with Crippen LogP contribution in [0.2, 0.25) is 0 Å².